The molecule has 1 aromatic rings. The maximum Gasteiger partial charge on any atom is 0.451 e. The Kier molecular flexibility index (Phi) is 4.55. The third kappa shape index (κ3) is 3.75. The van der Waals surface area contributed by atoms with E-state index in [-0.39, 0.29) is 18.2 Å². The van der Waals surface area contributed by atoms with Crippen molar-refractivity contribution >= 4 is 11.6 Å². The second-order valence-corrected chi connectivity index (χ2v) is 5.30. The zero-order valence-corrected chi connectivity index (χ0v) is 11.8. The number of aliphatic hydroxyl groups is 1. The van der Waals surface area contributed by atoms with Crippen LogP contribution < -0.4 is 10.6 Å². The number of nitrogens with zero attached hydrogens (tertiary/aromatic N) is 2. The minimum Gasteiger partial charge on any atom is -0.394 e. The van der Waals surface area contributed by atoms with Crippen LogP contribution in [0.5, 0.6) is 0 Å². The Morgan fingerprint density at radius 1 is 1.29 bits per heavy atom. The highest BCUT2D eigenvalue weighted by Crippen LogP contribution is 2.35. The molecule has 118 valence electrons. The van der Waals surface area contributed by atoms with Gasteiger partial charge in [0.1, 0.15) is 11.6 Å². The van der Waals surface area contributed by atoms with E-state index in [2.05, 4.69) is 20.6 Å². The predicted octanol–water partition coefficient (Wildman–Crippen LogP) is 2.64. The standard InChI is InChI=1S/C13H19F3N4O/c1-2-6-17-9-7-10(19-11(18-9)13(14,15)16)20-12(8-21)4-3-5-12/h7,21H,2-6,8H2,1H3,(H2,17,18,19,20). The van der Waals surface area contributed by atoms with Crippen LogP contribution in [-0.2, 0) is 6.18 Å². The molecule has 0 bridgehead atoms. The summed E-state index contributed by atoms with van der Waals surface area (Å²) in [5, 5.41) is 15.2. The Hall–Kier alpha value is -1.57. The van der Waals surface area contributed by atoms with Crippen LogP contribution in [0.3, 0.4) is 0 Å². The number of aliphatic hydroxyl groups excluding tert-OH is 1. The lowest BCUT2D eigenvalue weighted by atomic mass is 9.77. The minimum atomic E-state index is -4.60. The van der Waals surface area contributed by atoms with Crippen molar-refractivity contribution in [2.45, 2.75) is 44.3 Å². The summed E-state index contributed by atoms with van der Waals surface area (Å²) in [5.74, 6) is -0.961. The molecular formula is C13H19F3N4O. The number of anilines is 2. The van der Waals surface area contributed by atoms with Gasteiger partial charge in [-0.1, -0.05) is 6.92 Å². The van der Waals surface area contributed by atoms with Crippen molar-refractivity contribution in [3.63, 3.8) is 0 Å². The number of aromatic nitrogens is 2. The fraction of sp³-hybridized carbons (Fsp3) is 0.692. The van der Waals surface area contributed by atoms with Crippen LogP contribution in [-0.4, -0.2) is 33.8 Å². The van der Waals surface area contributed by atoms with Crippen LogP contribution in [0.25, 0.3) is 0 Å². The van der Waals surface area contributed by atoms with Crippen molar-refractivity contribution in [2.75, 3.05) is 23.8 Å². The first-order chi connectivity index (χ1) is 9.88. The maximum absolute atomic E-state index is 12.9. The quantitative estimate of drug-likeness (QED) is 0.754. The van der Waals surface area contributed by atoms with Gasteiger partial charge in [-0.3, -0.25) is 0 Å². The number of hydrogen-bond acceptors (Lipinski definition) is 5. The largest absolute Gasteiger partial charge is 0.451 e. The van der Waals surface area contributed by atoms with Gasteiger partial charge in [-0.25, -0.2) is 9.97 Å². The summed E-state index contributed by atoms with van der Waals surface area (Å²) in [6.45, 7) is 2.31. The molecule has 1 aliphatic carbocycles. The SMILES string of the molecule is CCCNc1cc(NC2(CO)CCC2)nc(C(F)(F)F)n1. The molecular weight excluding hydrogens is 285 g/mol. The smallest absolute Gasteiger partial charge is 0.394 e. The van der Waals surface area contributed by atoms with Crippen LogP contribution in [0.1, 0.15) is 38.4 Å². The zero-order chi connectivity index (χ0) is 15.5. The van der Waals surface area contributed by atoms with E-state index < -0.39 is 17.5 Å². The molecule has 0 amide bonds. The Bertz CT molecular complexity index is 483. The van der Waals surface area contributed by atoms with Gasteiger partial charge in [0, 0.05) is 12.6 Å². The van der Waals surface area contributed by atoms with Crippen molar-refractivity contribution in [1.82, 2.24) is 9.97 Å². The second kappa shape index (κ2) is 6.05. The van der Waals surface area contributed by atoms with Gasteiger partial charge in [0.15, 0.2) is 0 Å². The molecule has 1 fully saturated rings. The molecule has 1 saturated carbocycles. The fourth-order valence-electron chi connectivity index (χ4n) is 2.18. The number of alkyl halides is 3. The third-order valence-electron chi connectivity index (χ3n) is 3.54. The first-order valence-electron chi connectivity index (χ1n) is 6.98. The minimum absolute atomic E-state index is 0.0877. The molecule has 2 rings (SSSR count). The summed E-state index contributed by atoms with van der Waals surface area (Å²) >= 11 is 0. The molecule has 8 heteroatoms. The van der Waals surface area contributed by atoms with Crippen LogP contribution in [0.2, 0.25) is 0 Å². The maximum atomic E-state index is 12.9. The number of nitrogens with one attached hydrogen (secondary N) is 2. The molecule has 3 N–H and O–H groups in total. The van der Waals surface area contributed by atoms with Gasteiger partial charge in [-0.15, -0.1) is 0 Å². The van der Waals surface area contributed by atoms with Gasteiger partial charge >= 0.3 is 6.18 Å². The Labute approximate surface area is 121 Å². The van der Waals surface area contributed by atoms with Crippen molar-refractivity contribution < 1.29 is 18.3 Å². The molecule has 1 aromatic heterocycles. The highest BCUT2D eigenvalue weighted by molar-refractivity contribution is 5.49. The van der Waals surface area contributed by atoms with Gasteiger partial charge in [-0.05, 0) is 25.7 Å². The Balaban J connectivity index is 2.26. The molecule has 0 aliphatic heterocycles. The molecule has 1 aliphatic rings. The van der Waals surface area contributed by atoms with Crippen molar-refractivity contribution in [3.8, 4) is 0 Å². The van der Waals surface area contributed by atoms with E-state index in [1.54, 1.807) is 0 Å². The van der Waals surface area contributed by atoms with Crippen molar-refractivity contribution in [1.29, 1.82) is 0 Å². The summed E-state index contributed by atoms with van der Waals surface area (Å²) in [7, 11) is 0. The molecule has 0 aromatic carbocycles. The van der Waals surface area contributed by atoms with E-state index in [1.165, 1.54) is 6.07 Å². The molecule has 0 spiro atoms. The Morgan fingerprint density at radius 3 is 2.43 bits per heavy atom. The molecule has 1 heterocycles. The van der Waals surface area contributed by atoms with Gasteiger partial charge in [0.2, 0.25) is 5.82 Å². The molecule has 0 radical (unpaired) electrons. The molecule has 0 atom stereocenters. The molecule has 0 unspecified atom stereocenters. The van der Waals surface area contributed by atoms with Crippen molar-refractivity contribution in [3.05, 3.63) is 11.9 Å². The average molecular weight is 304 g/mol. The van der Waals surface area contributed by atoms with Crippen molar-refractivity contribution in [2.24, 2.45) is 0 Å². The zero-order valence-electron chi connectivity index (χ0n) is 11.8. The summed E-state index contributed by atoms with van der Waals surface area (Å²) in [6.07, 6.45) is -1.47. The van der Waals surface area contributed by atoms with E-state index in [0.717, 1.165) is 12.8 Å². The predicted molar refractivity (Wildman–Crippen MR) is 73.1 cm³/mol. The molecule has 0 saturated heterocycles. The fourth-order valence-corrected chi connectivity index (χ4v) is 2.18. The number of halogens is 3. The van der Waals surface area contributed by atoms with E-state index >= 15 is 0 Å². The highest BCUT2D eigenvalue weighted by atomic mass is 19.4. The van der Waals surface area contributed by atoms with E-state index in [9.17, 15) is 18.3 Å². The Morgan fingerprint density at radius 2 is 1.95 bits per heavy atom. The summed E-state index contributed by atoms with van der Waals surface area (Å²) < 4.78 is 38.6. The third-order valence-corrected chi connectivity index (χ3v) is 3.54. The van der Waals surface area contributed by atoms with E-state index in [1.807, 2.05) is 6.92 Å². The van der Waals surface area contributed by atoms with Gasteiger partial charge in [0.25, 0.3) is 0 Å². The average Bonchev–Trinajstić information content (AvgIpc) is 2.39. The van der Waals surface area contributed by atoms with Crippen LogP contribution >= 0.6 is 0 Å². The lowest BCUT2D eigenvalue weighted by Gasteiger charge is -2.41. The first kappa shape index (κ1) is 15.8. The summed E-state index contributed by atoms with van der Waals surface area (Å²) in [6, 6.07) is 1.45. The first-order valence-corrected chi connectivity index (χ1v) is 6.98. The van der Waals surface area contributed by atoms with Crippen LogP contribution in [0.15, 0.2) is 6.07 Å². The molecule has 21 heavy (non-hydrogen) atoms. The highest BCUT2D eigenvalue weighted by Gasteiger charge is 2.39. The van der Waals surface area contributed by atoms with Crippen LogP contribution in [0.4, 0.5) is 24.8 Å². The molecule has 5 nitrogen and oxygen atoms in total. The lowest BCUT2D eigenvalue weighted by Crippen LogP contribution is -2.48. The number of hydrogen-bond donors (Lipinski definition) is 3. The van der Waals surface area contributed by atoms with E-state index in [0.29, 0.717) is 19.4 Å². The lowest BCUT2D eigenvalue weighted by molar-refractivity contribution is -0.144. The summed E-state index contributed by atoms with van der Waals surface area (Å²) in [5.41, 5.74) is -0.556. The monoisotopic (exact) mass is 304 g/mol. The normalized spacial score (nSPS) is 17.2. The van der Waals surface area contributed by atoms with Gasteiger partial charge < -0.3 is 15.7 Å². The second-order valence-electron chi connectivity index (χ2n) is 5.30. The van der Waals surface area contributed by atoms with E-state index in [4.69, 9.17) is 0 Å². The topological polar surface area (TPSA) is 70.1 Å². The van der Waals surface area contributed by atoms with Crippen LogP contribution in [0, 0.1) is 0 Å². The summed E-state index contributed by atoms with van der Waals surface area (Å²) in [4.78, 5) is 7.02. The van der Waals surface area contributed by atoms with Gasteiger partial charge in [-0.2, -0.15) is 13.2 Å². The van der Waals surface area contributed by atoms with Gasteiger partial charge in [0.05, 0.1) is 12.1 Å². The number of rotatable bonds is 6.